The van der Waals surface area contributed by atoms with E-state index in [2.05, 4.69) is 10.4 Å². The smallest absolute Gasteiger partial charge is 0.416 e. The van der Waals surface area contributed by atoms with Crippen molar-refractivity contribution < 1.29 is 27.4 Å². The fraction of sp³-hybridized carbons (Fsp3) is 0.200. The van der Waals surface area contributed by atoms with Crippen molar-refractivity contribution in [2.45, 2.75) is 12.6 Å². The fourth-order valence-electron chi connectivity index (χ4n) is 2.81. The van der Waals surface area contributed by atoms with Crippen molar-refractivity contribution in [2.24, 2.45) is 0 Å². The molecule has 9 heteroatoms. The Morgan fingerprint density at radius 1 is 1.14 bits per heavy atom. The highest BCUT2D eigenvalue weighted by atomic mass is 19.4. The molecule has 0 unspecified atom stereocenters. The minimum atomic E-state index is -4.54. The van der Waals surface area contributed by atoms with Crippen LogP contribution in [-0.2, 0) is 17.4 Å². The summed E-state index contributed by atoms with van der Waals surface area (Å²) in [6.45, 7) is 0. The molecular weight excluding hydrogens is 387 g/mol. The van der Waals surface area contributed by atoms with E-state index in [0.29, 0.717) is 22.7 Å². The Hall–Kier alpha value is -3.49. The Balaban J connectivity index is 1.91. The zero-order valence-corrected chi connectivity index (χ0v) is 15.7. The minimum absolute atomic E-state index is 0.00427. The van der Waals surface area contributed by atoms with Crippen molar-refractivity contribution in [3.05, 3.63) is 66.0 Å². The number of hydrogen-bond acceptors (Lipinski definition) is 4. The van der Waals surface area contributed by atoms with E-state index in [-0.39, 0.29) is 12.1 Å². The number of alkyl halides is 3. The maximum Gasteiger partial charge on any atom is 0.416 e. The number of ether oxygens (including phenoxy) is 2. The first-order chi connectivity index (χ1) is 13.8. The summed E-state index contributed by atoms with van der Waals surface area (Å²) in [5.41, 5.74) is -0.0241. The summed E-state index contributed by atoms with van der Waals surface area (Å²) in [6.07, 6.45) is -1.60. The third-order valence-electron chi connectivity index (χ3n) is 4.19. The highest BCUT2D eigenvalue weighted by Gasteiger charge is 2.31. The number of nitrogens with zero attached hydrogens (tertiary/aromatic N) is 2. The topological polar surface area (TPSA) is 65.4 Å². The van der Waals surface area contributed by atoms with Gasteiger partial charge in [0.2, 0.25) is 5.91 Å². The number of methoxy groups -OCH3 is 2. The number of anilines is 1. The van der Waals surface area contributed by atoms with Crippen molar-refractivity contribution in [1.29, 1.82) is 0 Å². The summed E-state index contributed by atoms with van der Waals surface area (Å²) >= 11 is 0. The lowest BCUT2D eigenvalue weighted by atomic mass is 10.1. The Kier molecular flexibility index (Phi) is 5.76. The van der Waals surface area contributed by atoms with Gasteiger partial charge in [0.25, 0.3) is 0 Å². The molecular formula is C20H18F3N3O3. The van der Waals surface area contributed by atoms with Gasteiger partial charge in [0.05, 0.1) is 37.6 Å². The first-order valence-corrected chi connectivity index (χ1v) is 8.54. The number of carbonyl (C=O) groups excluding carboxylic acids is 1. The predicted octanol–water partition coefficient (Wildman–Crippen LogP) is 4.09. The fourth-order valence-corrected chi connectivity index (χ4v) is 2.81. The van der Waals surface area contributed by atoms with Gasteiger partial charge < -0.3 is 14.8 Å². The van der Waals surface area contributed by atoms with Gasteiger partial charge in [0.15, 0.2) is 0 Å². The third kappa shape index (κ3) is 4.68. The average molecular weight is 405 g/mol. The van der Waals surface area contributed by atoms with Gasteiger partial charge in [-0.2, -0.15) is 18.3 Å². The largest absolute Gasteiger partial charge is 0.497 e. The van der Waals surface area contributed by atoms with E-state index >= 15 is 0 Å². The van der Waals surface area contributed by atoms with E-state index in [0.717, 1.165) is 12.1 Å². The summed E-state index contributed by atoms with van der Waals surface area (Å²) in [5, 5.41) is 6.58. The van der Waals surface area contributed by atoms with E-state index in [4.69, 9.17) is 9.47 Å². The van der Waals surface area contributed by atoms with Crippen LogP contribution in [0.15, 0.2) is 54.9 Å². The molecule has 152 valence electrons. The molecule has 29 heavy (non-hydrogen) atoms. The lowest BCUT2D eigenvalue weighted by Gasteiger charge is -2.15. The molecule has 0 atom stereocenters. The summed E-state index contributed by atoms with van der Waals surface area (Å²) in [6, 6.07) is 9.69. The number of nitrogens with one attached hydrogen (secondary N) is 1. The summed E-state index contributed by atoms with van der Waals surface area (Å²) in [7, 11) is 2.95. The zero-order valence-electron chi connectivity index (χ0n) is 15.7. The molecule has 6 nitrogen and oxygen atoms in total. The second-order valence-electron chi connectivity index (χ2n) is 6.08. The molecule has 1 heterocycles. The van der Waals surface area contributed by atoms with Crippen LogP contribution < -0.4 is 14.8 Å². The van der Waals surface area contributed by atoms with E-state index in [9.17, 15) is 18.0 Å². The maximum atomic E-state index is 13.1. The van der Waals surface area contributed by atoms with Gasteiger partial charge >= 0.3 is 6.18 Å². The van der Waals surface area contributed by atoms with Gasteiger partial charge in [0, 0.05) is 18.0 Å². The maximum absolute atomic E-state index is 13.1. The number of aromatic nitrogens is 2. The highest BCUT2D eigenvalue weighted by molar-refractivity contribution is 5.94. The molecule has 1 amide bonds. The first-order valence-electron chi connectivity index (χ1n) is 8.54. The number of rotatable bonds is 6. The van der Waals surface area contributed by atoms with Crippen molar-refractivity contribution in [3.8, 4) is 17.2 Å². The molecule has 2 aromatic carbocycles. The molecule has 1 aromatic heterocycles. The molecule has 0 spiro atoms. The van der Waals surface area contributed by atoms with Crippen molar-refractivity contribution in [1.82, 2.24) is 9.78 Å². The number of amides is 1. The molecule has 0 radical (unpaired) electrons. The Bertz CT molecular complexity index is 1000. The molecule has 1 N–H and O–H groups in total. The molecule has 0 saturated heterocycles. The van der Waals surface area contributed by atoms with Gasteiger partial charge in [-0.15, -0.1) is 0 Å². The molecule has 0 fully saturated rings. The quantitative estimate of drug-likeness (QED) is 0.671. The first kappa shape index (κ1) is 20.2. The summed E-state index contributed by atoms with van der Waals surface area (Å²) in [5.74, 6) is 0.492. The third-order valence-corrected chi connectivity index (χ3v) is 4.19. The molecule has 3 rings (SSSR count). The number of hydrogen-bond donors (Lipinski definition) is 1. The molecule has 0 bridgehead atoms. The van der Waals surface area contributed by atoms with Gasteiger partial charge in [-0.25, -0.2) is 4.68 Å². The zero-order chi connectivity index (χ0) is 21.0. The highest BCUT2D eigenvalue weighted by Crippen LogP contribution is 2.33. The van der Waals surface area contributed by atoms with E-state index in [1.54, 1.807) is 30.5 Å². The second-order valence-corrected chi connectivity index (χ2v) is 6.08. The van der Waals surface area contributed by atoms with Crippen LogP contribution in [0.3, 0.4) is 0 Å². The van der Waals surface area contributed by atoms with Crippen LogP contribution in [0.2, 0.25) is 0 Å². The van der Waals surface area contributed by atoms with Gasteiger partial charge in [-0.1, -0.05) is 0 Å². The standard InChI is InChI=1S/C20H18F3N3O3/c1-28-15-5-7-18(29-2)13(10-15)11-19(27)25-16-12-14(20(21,22)23)4-6-17(16)26-9-3-8-24-26/h3-10,12H,11H2,1-2H3,(H,25,27). The van der Waals surface area contributed by atoms with Crippen LogP contribution in [0, 0.1) is 0 Å². The van der Waals surface area contributed by atoms with Crippen LogP contribution in [0.4, 0.5) is 18.9 Å². The Morgan fingerprint density at radius 3 is 2.55 bits per heavy atom. The number of carbonyl (C=O) groups is 1. The lowest BCUT2D eigenvalue weighted by molar-refractivity contribution is -0.137. The SMILES string of the molecule is COc1ccc(OC)c(CC(=O)Nc2cc(C(F)(F)F)ccc2-n2cccn2)c1. The Morgan fingerprint density at radius 2 is 1.93 bits per heavy atom. The summed E-state index contributed by atoms with van der Waals surface area (Å²) in [4.78, 5) is 12.6. The molecule has 0 saturated carbocycles. The van der Waals surface area contributed by atoms with Crippen molar-refractivity contribution in [2.75, 3.05) is 19.5 Å². The second kappa shape index (κ2) is 8.26. The molecule has 0 aliphatic carbocycles. The number of halogens is 3. The summed E-state index contributed by atoms with van der Waals surface area (Å²) < 4.78 is 51.2. The van der Waals surface area contributed by atoms with Gasteiger partial charge in [-0.3, -0.25) is 4.79 Å². The van der Waals surface area contributed by atoms with Gasteiger partial charge in [-0.05, 0) is 42.5 Å². The normalized spacial score (nSPS) is 11.2. The monoisotopic (exact) mass is 405 g/mol. The average Bonchev–Trinajstić information content (AvgIpc) is 3.21. The molecule has 0 aliphatic rings. The number of benzene rings is 2. The van der Waals surface area contributed by atoms with Crippen molar-refractivity contribution in [3.63, 3.8) is 0 Å². The lowest BCUT2D eigenvalue weighted by Crippen LogP contribution is -2.17. The Labute approximate surface area is 164 Å². The van der Waals surface area contributed by atoms with Crippen LogP contribution >= 0.6 is 0 Å². The molecule has 3 aromatic rings. The van der Waals surface area contributed by atoms with E-state index < -0.39 is 17.6 Å². The van der Waals surface area contributed by atoms with Gasteiger partial charge in [0.1, 0.15) is 11.5 Å². The minimum Gasteiger partial charge on any atom is -0.497 e. The molecule has 0 aliphatic heterocycles. The van der Waals surface area contributed by atoms with Crippen LogP contribution in [0.1, 0.15) is 11.1 Å². The predicted molar refractivity (Wildman–Crippen MR) is 100 cm³/mol. The van der Waals surface area contributed by atoms with Crippen molar-refractivity contribution >= 4 is 11.6 Å². The van der Waals surface area contributed by atoms with Crippen LogP contribution in [-0.4, -0.2) is 29.9 Å². The van der Waals surface area contributed by atoms with E-state index in [1.165, 1.54) is 31.2 Å². The van der Waals surface area contributed by atoms with Crippen LogP contribution in [0.25, 0.3) is 5.69 Å². The van der Waals surface area contributed by atoms with Crippen LogP contribution in [0.5, 0.6) is 11.5 Å². The van der Waals surface area contributed by atoms with E-state index in [1.807, 2.05) is 0 Å².